The van der Waals surface area contributed by atoms with Crippen LogP contribution in [0.3, 0.4) is 0 Å². The van der Waals surface area contributed by atoms with Crippen molar-refractivity contribution in [3.8, 4) is 0 Å². The predicted molar refractivity (Wildman–Crippen MR) is 88.5 cm³/mol. The van der Waals surface area contributed by atoms with E-state index in [0.717, 1.165) is 25.1 Å². The molecule has 7 heteroatoms. The van der Waals surface area contributed by atoms with Gasteiger partial charge in [0.25, 0.3) is 0 Å². The molecule has 138 valence electrons. The van der Waals surface area contributed by atoms with E-state index >= 15 is 0 Å². The zero-order valence-corrected chi connectivity index (χ0v) is 14.6. The average molecular weight is 351 g/mol. The van der Waals surface area contributed by atoms with Gasteiger partial charge in [-0.2, -0.15) is 0 Å². The Morgan fingerprint density at radius 2 is 2.20 bits per heavy atom. The Kier molecular flexibility index (Phi) is 4.99. The molecule has 0 aromatic carbocycles. The number of carbonyl (C=O) groups is 2. The van der Waals surface area contributed by atoms with Gasteiger partial charge in [0.2, 0.25) is 0 Å². The molecular formula is C18H25NO6. The molecule has 2 saturated heterocycles. The summed E-state index contributed by atoms with van der Waals surface area (Å²) in [5.74, 6) is -1.99. The van der Waals surface area contributed by atoms with Crippen LogP contribution in [0.5, 0.6) is 0 Å². The van der Waals surface area contributed by atoms with Crippen LogP contribution in [0.1, 0.15) is 26.7 Å². The molecule has 3 aliphatic rings. The fraction of sp³-hybridized carbons (Fsp3) is 0.667. The number of nitrogens with zero attached hydrogens (tertiary/aromatic N) is 1. The third-order valence-corrected chi connectivity index (χ3v) is 5.59. The first-order valence-corrected chi connectivity index (χ1v) is 8.70. The lowest BCUT2D eigenvalue weighted by atomic mass is 9.84. The number of rotatable bonds is 1. The van der Waals surface area contributed by atoms with Gasteiger partial charge in [0.1, 0.15) is 12.7 Å². The number of hydrogen-bond donors (Lipinski definition) is 2. The first-order chi connectivity index (χ1) is 11.9. The van der Waals surface area contributed by atoms with E-state index in [9.17, 15) is 19.8 Å². The van der Waals surface area contributed by atoms with Crippen LogP contribution in [0, 0.1) is 5.92 Å². The Labute approximate surface area is 146 Å². The largest absolute Gasteiger partial charge is 0.459 e. The van der Waals surface area contributed by atoms with Crippen molar-refractivity contribution in [3.05, 3.63) is 23.3 Å². The summed E-state index contributed by atoms with van der Waals surface area (Å²) in [6.07, 6.45) is 4.20. The molecular weight excluding hydrogens is 326 g/mol. The van der Waals surface area contributed by atoms with Crippen molar-refractivity contribution in [2.75, 3.05) is 26.3 Å². The second-order valence-electron chi connectivity index (χ2n) is 7.03. The highest BCUT2D eigenvalue weighted by Gasteiger charge is 2.46. The van der Waals surface area contributed by atoms with Gasteiger partial charge in [0.15, 0.2) is 5.60 Å². The number of carbonyl (C=O) groups excluding carboxylic acids is 2. The Balaban J connectivity index is 1.93. The van der Waals surface area contributed by atoms with E-state index in [-0.39, 0.29) is 25.2 Å². The zero-order chi connectivity index (χ0) is 18.2. The van der Waals surface area contributed by atoms with Gasteiger partial charge in [0.05, 0.1) is 12.6 Å². The van der Waals surface area contributed by atoms with Crippen LogP contribution in [0.25, 0.3) is 0 Å². The van der Waals surface area contributed by atoms with Crippen LogP contribution in [0.2, 0.25) is 0 Å². The van der Waals surface area contributed by atoms with Crippen molar-refractivity contribution in [2.45, 2.75) is 44.4 Å². The van der Waals surface area contributed by atoms with Gasteiger partial charge >= 0.3 is 11.9 Å². The van der Waals surface area contributed by atoms with Crippen LogP contribution in [0.4, 0.5) is 0 Å². The summed E-state index contributed by atoms with van der Waals surface area (Å²) >= 11 is 0. The fourth-order valence-electron chi connectivity index (χ4n) is 3.85. The summed E-state index contributed by atoms with van der Waals surface area (Å²) in [4.78, 5) is 27.2. The van der Waals surface area contributed by atoms with Crippen molar-refractivity contribution in [2.24, 2.45) is 5.92 Å². The van der Waals surface area contributed by atoms with E-state index in [1.54, 1.807) is 19.9 Å². The van der Waals surface area contributed by atoms with Crippen LogP contribution in [-0.2, 0) is 19.1 Å². The second kappa shape index (κ2) is 6.90. The second-order valence-corrected chi connectivity index (χ2v) is 7.03. The van der Waals surface area contributed by atoms with Crippen LogP contribution in [-0.4, -0.2) is 71.1 Å². The van der Waals surface area contributed by atoms with Crippen molar-refractivity contribution >= 4 is 11.9 Å². The number of aliphatic hydroxyl groups excluding tert-OH is 1. The van der Waals surface area contributed by atoms with Gasteiger partial charge in [-0.25, -0.2) is 9.59 Å². The Morgan fingerprint density at radius 1 is 1.44 bits per heavy atom. The third-order valence-electron chi connectivity index (χ3n) is 5.59. The molecule has 3 rings (SSSR count). The molecule has 0 bridgehead atoms. The molecule has 7 nitrogen and oxygen atoms in total. The van der Waals surface area contributed by atoms with Crippen LogP contribution < -0.4 is 0 Å². The van der Waals surface area contributed by atoms with Gasteiger partial charge in [-0.15, -0.1) is 0 Å². The SMILES string of the molecule is C/C=C1\C[C@@H](C)[C@](O)(CO)C(=O)OCC2=CCN3CC[C@@H](OC1=O)C23. The summed E-state index contributed by atoms with van der Waals surface area (Å²) in [7, 11) is 0. The molecule has 3 heterocycles. The van der Waals surface area contributed by atoms with E-state index in [1.807, 2.05) is 6.08 Å². The predicted octanol–water partition coefficient (Wildman–Crippen LogP) is 0.165. The standard InChI is InChI=1S/C18H25NO6/c1-3-12-8-11(2)18(23,10-20)17(22)24-9-13-4-6-19-7-5-14(15(13)19)25-16(12)21/h3-4,11,14-15,20,23H,5-10H2,1-2H3/b12-3+/t11-,14-,15?,18-/m1/s1. The average Bonchev–Trinajstić information content (AvgIpc) is 3.18. The molecule has 0 radical (unpaired) electrons. The van der Waals surface area contributed by atoms with E-state index in [1.165, 1.54) is 0 Å². The van der Waals surface area contributed by atoms with E-state index in [2.05, 4.69) is 4.90 Å². The summed E-state index contributed by atoms with van der Waals surface area (Å²) in [6.45, 7) is 4.12. The molecule has 0 aromatic rings. The Hall–Kier alpha value is -1.70. The normalized spacial score (nSPS) is 38.5. The number of hydrogen-bond acceptors (Lipinski definition) is 7. The minimum absolute atomic E-state index is 0.0273. The molecule has 0 aliphatic carbocycles. The van der Waals surface area contributed by atoms with Gasteiger partial charge in [-0.3, -0.25) is 4.90 Å². The highest BCUT2D eigenvalue weighted by atomic mass is 16.6. The van der Waals surface area contributed by atoms with Crippen molar-refractivity contribution in [1.82, 2.24) is 4.90 Å². The molecule has 0 saturated carbocycles. The topological polar surface area (TPSA) is 96.3 Å². The lowest BCUT2D eigenvalue weighted by molar-refractivity contribution is -0.176. The smallest absolute Gasteiger partial charge is 0.341 e. The minimum Gasteiger partial charge on any atom is -0.459 e. The van der Waals surface area contributed by atoms with Gasteiger partial charge in [-0.1, -0.05) is 19.1 Å². The molecule has 0 spiro atoms. The molecule has 3 aliphatic heterocycles. The summed E-state index contributed by atoms with van der Waals surface area (Å²) < 4.78 is 11.1. The molecule has 25 heavy (non-hydrogen) atoms. The molecule has 2 N–H and O–H groups in total. The Morgan fingerprint density at radius 3 is 2.88 bits per heavy atom. The van der Waals surface area contributed by atoms with Gasteiger partial charge < -0.3 is 19.7 Å². The number of aliphatic hydroxyl groups is 2. The van der Waals surface area contributed by atoms with Crippen molar-refractivity contribution < 1.29 is 29.3 Å². The first kappa shape index (κ1) is 18.1. The number of esters is 2. The lowest BCUT2D eigenvalue weighted by Crippen LogP contribution is -2.50. The molecule has 4 atom stereocenters. The maximum absolute atomic E-state index is 12.6. The quantitative estimate of drug-likeness (QED) is 0.395. The fourth-order valence-corrected chi connectivity index (χ4v) is 3.85. The van der Waals surface area contributed by atoms with Gasteiger partial charge in [-0.05, 0) is 25.3 Å². The Bertz CT molecular complexity index is 627. The lowest BCUT2D eigenvalue weighted by Gasteiger charge is -2.32. The maximum Gasteiger partial charge on any atom is 0.341 e. The van der Waals surface area contributed by atoms with E-state index in [4.69, 9.17) is 9.47 Å². The van der Waals surface area contributed by atoms with Crippen molar-refractivity contribution in [1.29, 1.82) is 0 Å². The van der Waals surface area contributed by atoms with Crippen molar-refractivity contribution in [3.63, 3.8) is 0 Å². The third kappa shape index (κ3) is 3.12. The highest BCUT2D eigenvalue weighted by molar-refractivity contribution is 5.89. The summed E-state index contributed by atoms with van der Waals surface area (Å²) in [5.41, 5.74) is -0.796. The molecule has 2 fully saturated rings. The van der Waals surface area contributed by atoms with Crippen LogP contribution in [0.15, 0.2) is 23.3 Å². The van der Waals surface area contributed by atoms with E-state index in [0.29, 0.717) is 5.57 Å². The van der Waals surface area contributed by atoms with Gasteiger partial charge in [0, 0.05) is 24.6 Å². The highest BCUT2D eigenvalue weighted by Crippen LogP contribution is 2.34. The summed E-state index contributed by atoms with van der Waals surface area (Å²) in [5, 5.41) is 20.2. The van der Waals surface area contributed by atoms with E-state index < -0.39 is 30.1 Å². The molecule has 1 unspecified atom stereocenters. The molecule has 0 amide bonds. The minimum atomic E-state index is -2.05. The zero-order valence-electron chi connectivity index (χ0n) is 14.6. The van der Waals surface area contributed by atoms with Crippen LogP contribution >= 0.6 is 0 Å². The molecule has 0 aromatic heterocycles. The number of cyclic esters (lactones) is 1. The number of allylic oxidation sites excluding steroid dienone is 1. The monoisotopic (exact) mass is 351 g/mol. The first-order valence-electron chi connectivity index (χ1n) is 8.70. The summed E-state index contributed by atoms with van der Waals surface area (Å²) in [6, 6.07) is -0.0890. The maximum atomic E-state index is 12.6. The number of ether oxygens (including phenoxy) is 2.